The van der Waals surface area contributed by atoms with Crippen molar-refractivity contribution in [3.05, 3.63) is 41.5 Å². The van der Waals surface area contributed by atoms with Gasteiger partial charge >= 0.3 is 0 Å². The highest BCUT2D eigenvalue weighted by Gasteiger charge is 2.30. The van der Waals surface area contributed by atoms with Crippen LogP contribution in [0, 0.1) is 12.8 Å². The minimum absolute atomic E-state index is 0.291. The van der Waals surface area contributed by atoms with Gasteiger partial charge in [0.1, 0.15) is 0 Å². The molecule has 0 unspecified atom stereocenters. The predicted octanol–water partition coefficient (Wildman–Crippen LogP) is 2.65. The largest absolute Gasteiger partial charge is 0.348 e. The number of rotatable bonds is 5. The van der Waals surface area contributed by atoms with E-state index in [0.29, 0.717) is 11.7 Å². The van der Waals surface area contributed by atoms with Crippen LogP contribution in [0.15, 0.2) is 24.5 Å². The number of Topliss-reactive ketones (excluding diaryl/α,β-unsaturated/α-hetero) is 1. The van der Waals surface area contributed by atoms with Crippen LogP contribution >= 0.6 is 0 Å². The van der Waals surface area contributed by atoms with Gasteiger partial charge in [0.05, 0.1) is 17.9 Å². The van der Waals surface area contributed by atoms with E-state index in [1.54, 1.807) is 0 Å². The molecule has 0 amide bonds. The van der Waals surface area contributed by atoms with Crippen LogP contribution in [0.1, 0.15) is 41.5 Å². The zero-order valence-electron chi connectivity index (χ0n) is 11.5. The van der Waals surface area contributed by atoms with Gasteiger partial charge in [-0.3, -0.25) is 9.48 Å². The number of carbonyl (C=O) groups excluding carboxylic acids is 1. The number of carbonyl (C=O) groups is 1. The standard InChI is InChI=1S/C15H19N3O/c1-3-18-14(8-11(2)16-18)10-17-7-6-13(9-17)15(19)12-4-5-12/h6-9,12H,3-5,10H2,1-2H3. The monoisotopic (exact) mass is 257 g/mol. The molecule has 1 fully saturated rings. The third-order valence-electron chi connectivity index (χ3n) is 3.61. The molecule has 2 heterocycles. The number of hydrogen-bond acceptors (Lipinski definition) is 2. The second kappa shape index (κ2) is 4.68. The Labute approximate surface area is 113 Å². The van der Waals surface area contributed by atoms with E-state index >= 15 is 0 Å². The molecule has 19 heavy (non-hydrogen) atoms. The Bertz CT molecular complexity index is 605. The van der Waals surface area contributed by atoms with Gasteiger partial charge in [-0.25, -0.2) is 0 Å². The predicted molar refractivity (Wildman–Crippen MR) is 73.2 cm³/mol. The third kappa shape index (κ3) is 2.48. The van der Waals surface area contributed by atoms with Crippen molar-refractivity contribution in [3.63, 3.8) is 0 Å². The van der Waals surface area contributed by atoms with Crippen molar-refractivity contribution in [2.45, 2.75) is 39.8 Å². The molecule has 2 aromatic rings. The second-order valence-corrected chi connectivity index (χ2v) is 5.30. The van der Waals surface area contributed by atoms with Gasteiger partial charge < -0.3 is 4.57 Å². The summed E-state index contributed by atoms with van der Waals surface area (Å²) in [5.74, 6) is 0.596. The van der Waals surface area contributed by atoms with Crippen molar-refractivity contribution in [2.24, 2.45) is 5.92 Å². The maximum atomic E-state index is 12.0. The molecule has 0 spiro atoms. The summed E-state index contributed by atoms with van der Waals surface area (Å²) >= 11 is 0. The SMILES string of the molecule is CCn1nc(C)cc1Cn1ccc(C(=O)C2CC2)c1. The van der Waals surface area contributed by atoms with Gasteiger partial charge in [0.2, 0.25) is 0 Å². The van der Waals surface area contributed by atoms with Crippen LogP contribution in [0.3, 0.4) is 0 Å². The Kier molecular flexibility index (Phi) is 3.01. The molecule has 1 saturated carbocycles. The van der Waals surface area contributed by atoms with Gasteiger partial charge in [-0.1, -0.05) is 0 Å². The molecule has 1 aliphatic rings. The lowest BCUT2D eigenvalue weighted by Crippen LogP contribution is -2.07. The van der Waals surface area contributed by atoms with Gasteiger partial charge in [-0.2, -0.15) is 5.10 Å². The summed E-state index contributed by atoms with van der Waals surface area (Å²) in [6, 6.07) is 4.03. The average Bonchev–Trinajstić information content (AvgIpc) is 3.04. The van der Waals surface area contributed by atoms with Crippen molar-refractivity contribution >= 4 is 5.78 Å². The molecule has 0 radical (unpaired) electrons. The summed E-state index contributed by atoms with van der Waals surface area (Å²) < 4.78 is 4.08. The topological polar surface area (TPSA) is 39.8 Å². The summed E-state index contributed by atoms with van der Waals surface area (Å²) in [5.41, 5.74) is 3.07. The Morgan fingerprint density at radius 3 is 2.95 bits per heavy atom. The molecule has 0 aliphatic heterocycles. The molecule has 100 valence electrons. The summed E-state index contributed by atoms with van der Waals surface area (Å²) in [4.78, 5) is 12.0. The zero-order valence-corrected chi connectivity index (χ0v) is 11.5. The smallest absolute Gasteiger partial charge is 0.167 e. The Hall–Kier alpha value is -1.84. The molecular weight excluding hydrogens is 238 g/mol. The summed E-state index contributed by atoms with van der Waals surface area (Å²) in [6.45, 7) is 5.74. The van der Waals surface area contributed by atoms with Crippen LogP contribution in [-0.2, 0) is 13.1 Å². The number of aromatic nitrogens is 3. The number of hydrogen-bond donors (Lipinski definition) is 0. The van der Waals surface area contributed by atoms with E-state index in [1.165, 1.54) is 5.69 Å². The van der Waals surface area contributed by atoms with Crippen molar-refractivity contribution in [3.8, 4) is 0 Å². The molecular formula is C15H19N3O. The zero-order chi connectivity index (χ0) is 13.4. The summed E-state index contributed by atoms with van der Waals surface area (Å²) in [5, 5.41) is 4.44. The van der Waals surface area contributed by atoms with Gasteiger partial charge in [0.15, 0.2) is 5.78 Å². The van der Waals surface area contributed by atoms with Crippen LogP contribution in [0.4, 0.5) is 0 Å². The number of aryl methyl sites for hydroxylation is 2. The lowest BCUT2D eigenvalue weighted by molar-refractivity contribution is 0.0967. The van der Waals surface area contributed by atoms with E-state index in [9.17, 15) is 4.79 Å². The van der Waals surface area contributed by atoms with Gasteiger partial charge in [0, 0.05) is 30.4 Å². The van der Waals surface area contributed by atoms with Gasteiger partial charge in [0.25, 0.3) is 0 Å². The highest BCUT2D eigenvalue weighted by Crippen LogP contribution is 2.32. The Morgan fingerprint density at radius 1 is 1.47 bits per heavy atom. The van der Waals surface area contributed by atoms with E-state index in [4.69, 9.17) is 0 Å². The first-order chi connectivity index (χ1) is 9.17. The average molecular weight is 257 g/mol. The normalized spacial score (nSPS) is 14.8. The highest BCUT2D eigenvalue weighted by atomic mass is 16.1. The first-order valence-corrected chi connectivity index (χ1v) is 6.90. The van der Waals surface area contributed by atoms with Gasteiger partial charge in [-0.15, -0.1) is 0 Å². The van der Waals surface area contributed by atoms with E-state index in [1.807, 2.05) is 30.1 Å². The van der Waals surface area contributed by atoms with E-state index < -0.39 is 0 Å². The highest BCUT2D eigenvalue weighted by molar-refractivity contribution is 5.99. The van der Waals surface area contributed by atoms with Crippen molar-refractivity contribution in [1.29, 1.82) is 0 Å². The lowest BCUT2D eigenvalue weighted by Gasteiger charge is -2.05. The van der Waals surface area contributed by atoms with Crippen LogP contribution in [0.25, 0.3) is 0 Å². The van der Waals surface area contributed by atoms with Crippen LogP contribution in [0.2, 0.25) is 0 Å². The number of nitrogens with zero attached hydrogens (tertiary/aromatic N) is 3. The van der Waals surface area contributed by atoms with Crippen molar-refractivity contribution in [2.75, 3.05) is 0 Å². The van der Waals surface area contributed by atoms with E-state index in [0.717, 1.165) is 37.2 Å². The molecule has 0 N–H and O–H groups in total. The minimum atomic E-state index is 0.291. The Balaban J connectivity index is 1.77. The molecule has 0 bridgehead atoms. The fourth-order valence-corrected chi connectivity index (χ4v) is 2.45. The molecule has 1 aliphatic carbocycles. The second-order valence-electron chi connectivity index (χ2n) is 5.30. The molecule has 4 nitrogen and oxygen atoms in total. The minimum Gasteiger partial charge on any atom is -0.348 e. The van der Waals surface area contributed by atoms with Crippen LogP contribution in [-0.4, -0.2) is 20.1 Å². The number of ketones is 1. The molecule has 0 atom stereocenters. The summed E-state index contributed by atoms with van der Waals surface area (Å²) in [7, 11) is 0. The first kappa shape index (κ1) is 12.2. The molecule has 0 aromatic carbocycles. The lowest BCUT2D eigenvalue weighted by atomic mass is 10.1. The fourth-order valence-electron chi connectivity index (χ4n) is 2.45. The molecule has 4 heteroatoms. The van der Waals surface area contributed by atoms with E-state index in [-0.39, 0.29) is 0 Å². The van der Waals surface area contributed by atoms with Gasteiger partial charge in [-0.05, 0) is 38.8 Å². The van der Waals surface area contributed by atoms with Crippen molar-refractivity contribution in [1.82, 2.24) is 14.3 Å². The van der Waals surface area contributed by atoms with Crippen LogP contribution in [0.5, 0.6) is 0 Å². The molecule has 2 aromatic heterocycles. The Morgan fingerprint density at radius 2 is 2.26 bits per heavy atom. The quantitative estimate of drug-likeness (QED) is 0.772. The summed E-state index contributed by atoms with van der Waals surface area (Å²) in [6.07, 6.45) is 6.07. The third-order valence-corrected chi connectivity index (χ3v) is 3.61. The fraction of sp³-hybridized carbons (Fsp3) is 0.467. The molecule has 0 saturated heterocycles. The molecule has 3 rings (SSSR count). The van der Waals surface area contributed by atoms with E-state index in [2.05, 4.69) is 22.7 Å². The van der Waals surface area contributed by atoms with Crippen molar-refractivity contribution < 1.29 is 4.79 Å². The first-order valence-electron chi connectivity index (χ1n) is 6.90. The maximum absolute atomic E-state index is 12.0. The van der Waals surface area contributed by atoms with Crippen LogP contribution < -0.4 is 0 Å². The maximum Gasteiger partial charge on any atom is 0.167 e.